The van der Waals surface area contributed by atoms with E-state index in [1.165, 1.54) is 11.3 Å². The molecule has 2 aromatic rings. The van der Waals surface area contributed by atoms with Crippen molar-refractivity contribution in [3.05, 3.63) is 46.5 Å². The third kappa shape index (κ3) is 5.60. The summed E-state index contributed by atoms with van der Waals surface area (Å²) >= 11 is 1.22. The predicted octanol–water partition coefficient (Wildman–Crippen LogP) is 1.64. The molecule has 132 valence electrons. The van der Waals surface area contributed by atoms with Crippen LogP contribution in [-0.4, -0.2) is 35.9 Å². The van der Waals surface area contributed by atoms with E-state index in [0.717, 1.165) is 17.8 Å². The van der Waals surface area contributed by atoms with Crippen LogP contribution in [0.15, 0.2) is 23.6 Å². The van der Waals surface area contributed by atoms with Gasteiger partial charge in [0.05, 0.1) is 11.3 Å². The number of halogens is 2. The Balaban J connectivity index is 1.74. The molecule has 25 heavy (non-hydrogen) atoms. The molecule has 2 amide bonds. The third-order valence-electron chi connectivity index (χ3n) is 2.80. The lowest BCUT2D eigenvalue weighted by atomic mass is 10.2. The number of ether oxygens (including phenoxy) is 1. The minimum Gasteiger partial charge on any atom is -0.454 e. The van der Waals surface area contributed by atoms with Gasteiger partial charge in [0.15, 0.2) is 11.7 Å². The maximum Gasteiger partial charge on any atom is 0.325 e. The second kappa shape index (κ2) is 8.29. The molecule has 1 aromatic heterocycles. The van der Waals surface area contributed by atoms with Gasteiger partial charge in [-0.3, -0.25) is 19.7 Å². The maximum atomic E-state index is 13.4. The Morgan fingerprint density at radius 3 is 2.68 bits per heavy atom. The van der Waals surface area contributed by atoms with Gasteiger partial charge in [0.25, 0.3) is 11.8 Å². The van der Waals surface area contributed by atoms with Gasteiger partial charge in [0.1, 0.15) is 18.2 Å². The summed E-state index contributed by atoms with van der Waals surface area (Å²) in [5.74, 6) is -4.25. The first-order valence-corrected chi connectivity index (χ1v) is 7.84. The van der Waals surface area contributed by atoms with Gasteiger partial charge < -0.3 is 10.1 Å². The van der Waals surface area contributed by atoms with E-state index in [0.29, 0.717) is 11.2 Å². The highest BCUT2D eigenvalue weighted by molar-refractivity contribution is 7.13. The zero-order valence-corrected chi connectivity index (χ0v) is 13.8. The van der Waals surface area contributed by atoms with E-state index >= 15 is 0 Å². The van der Waals surface area contributed by atoms with Gasteiger partial charge in [-0.1, -0.05) is 0 Å². The monoisotopic (exact) mass is 369 g/mol. The summed E-state index contributed by atoms with van der Waals surface area (Å²) in [5, 5.41) is 6.67. The zero-order chi connectivity index (χ0) is 18.4. The summed E-state index contributed by atoms with van der Waals surface area (Å²) in [5.41, 5.74) is 0.333. The Morgan fingerprint density at radius 1 is 1.28 bits per heavy atom. The van der Waals surface area contributed by atoms with Crippen LogP contribution in [0.2, 0.25) is 0 Å². The molecule has 0 unspecified atom stereocenters. The Bertz CT molecular complexity index is 810. The topological polar surface area (TPSA) is 97.4 Å². The highest BCUT2D eigenvalue weighted by Crippen LogP contribution is 2.14. The molecule has 0 fully saturated rings. The van der Waals surface area contributed by atoms with E-state index < -0.39 is 48.1 Å². The number of thiazole rings is 1. The van der Waals surface area contributed by atoms with Crippen molar-refractivity contribution < 1.29 is 27.9 Å². The number of nitrogens with zero attached hydrogens (tertiary/aromatic N) is 1. The highest BCUT2D eigenvalue weighted by Gasteiger charge is 2.15. The van der Waals surface area contributed by atoms with E-state index in [1.54, 1.807) is 12.3 Å². The molecule has 1 aromatic carbocycles. The van der Waals surface area contributed by atoms with Crippen LogP contribution in [0.5, 0.6) is 0 Å². The van der Waals surface area contributed by atoms with Crippen LogP contribution in [0.4, 0.5) is 13.9 Å². The zero-order valence-electron chi connectivity index (χ0n) is 13.0. The van der Waals surface area contributed by atoms with Crippen molar-refractivity contribution in [3.63, 3.8) is 0 Å². The van der Waals surface area contributed by atoms with Crippen molar-refractivity contribution in [1.82, 2.24) is 10.3 Å². The molecule has 1 heterocycles. The van der Waals surface area contributed by atoms with E-state index in [4.69, 9.17) is 0 Å². The van der Waals surface area contributed by atoms with Crippen LogP contribution >= 0.6 is 11.3 Å². The van der Waals surface area contributed by atoms with E-state index in [1.807, 2.05) is 0 Å². The standard InChI is InChI=1S/C15H13F2N3O4S/c1-8-7-25-15(19-8)20-12(21)6-24-13(22)5-18-14(23)10-3-2-9(16)4-11(10)17/h2-4,7H,5-6H2,1H3,(H,18,23)(H,19,20,21). The van der Waals surface area contributed by atoms with Crippen LogP contribution in [0.3, 0.4) is 0 Å². The van der Waals surface area contributed by atoms with Crippen LogP contribution in [0, 0.1) is 18.6 Å². The number of anilines is 1. The Hall–Kier alpha value is -2.88. The predicted molar refractivity (Wildman–Crippen MR) is 85.1 cm³/mol. The third-order valence-corrected chi connectivity index (χ3v) is 3.67. The molecule has 2 rings (SSSR count). The van der Waals surface area contributed by atoms with Gasteiger partial charge in [0, 0.05) is 11.4 Å². The fraction of sp³-hybridized carbons (Fsp3) is 0.200. The molecule has 0 spiro atoms. The number of aryl methyl sites for hydroxylation is 1. The summed E-state index contributed by atoms with van der Waals surface area (Å²) in [6.45, 7) is 0.635. The molecule has 0 saturated heterocycles. The van der Waals surface area contributed by atoms with Gasteiger partial charge in [0.2, 0.25) is 0 Å². The van der Waals surface area contributed by atoms with Crippen LogP contribution in [0.25, 0.3) is 0 Å². The van der Waals surface area contributed by atoms with E-state index in [-0.39, 0.29) is 0 Å². The number of aromatic nitrogens is 1. The lowest BCUT2D eigenvalue weighted by molar-refractivity contribution is -0.146. The minimum atomic E-state index is -1.05. The number of hydrogen-bond donors (Lipinski definition) is 2. The second-order valence-electron chi connectivity index (χ2n) is 4.81. The lowest BCUT2D eigenvalue weighted by Gasteiger charge is -2.07. The van der Waals surface area contributed by atoms with Crippen molar-refractivity contribution in [2.24, 2.45) is 0 Å². The molecular weight excluding hydrogens is 356 g/mol. The van der Waals surface area contributed by atoms with Crippen molar-refractivity contribution >= 4 is 34.3 Å². The molecule has 7 nitrogen and oxygen atoms in total. The largest absolute Gasteiger partial charge is 0.454 e. The Labute approximate surface area is 145 Å². The first-order chi connectivity index (χ1) is 11.8. The van der Waals surface area contributed by atoms with Crippen LogP contribution in [-0.2, 0) is 14.3 Å². The van der Waals surface area contributed by atoms with Crippen LogP contribution < -0.4 is 10.6 Å². The summed E-state index contributed by atoms with van der Waals surface area (Å²) in [6, 6.07) is 2.42. The van der Waals surface area contributed by atoms with Gasteiger partial charge in [-0.05, 0) is 19.1 Å². The molecular formula is C15H13F2N3O4S. The minimum absolute atomic E-state index is 0.374. The summed E-state index contributed by atoms with van der Waals surface area (Å²) in [7, 11) is 0. The number of rotatable bonds is 6. The quantitative estimate of drug-likeness (QED) is 0.755. The average Bonchev–Trinajstić information content (AvgIpc) is 2.95. The molecule has 0 aliphatic rings. The first kappa shape index (κ1) is 18.5. The van der Waals surface area contributed by atoms with E-state index in [2.05, 4.69) is 20.4 Å². The molecule has 2 N–H and O–H groups in total. The summed E-state index contributed by atoms with van der Waals surface area (Å²) in [6.07, 6.45) is 0. The summed E-state index contributed by atoms with van der Waals surface area (Å²) < 4.78 is 30.9. The van der Waals surface area contributed by atoms with Gasteiger partial charge in [-0.25, -0.2) is 13.8 Å². The lowest BCUT2D eigenvalue weighted by Crippen LogP contribution is -2.32. The number of nitrogens with one attached hydrogen (secondary N) is 2. The van der Waals surface area contributed by atoms with Gasteiger partial charge in [-0.15, -0.1) is 11.3 Å². The Morgan fingerprint density at radius 2 is 2.04 bits per heavy atom. The maximum absolute atomic E-state index is 13.4. The van der Waals surface area contributed by atoms with Gasteiger partial charge >= 0.3 is 5.97 Å². The molecule has 0 aliphatic carbocycles. The fourth-order valence-electron chi connectivity index (χ4n) is 1.69. The van der Waals surface area contributed by atoms with E-state index in [9.17, 15) is 23.2 Å². The average molecular weight is 369 g/mol. The molecule has 10 heteroatoms. The highest BCUT2D eigenvalue weighted by atomic mass is 32.1. The summed E-state index contributed by atoms with van der Waals surface area (Å²) in [4.78, 5) is 38.8. The molecule has 0 radical (unpaired) electrons. The number of esters is 1. The number of carbonyl (C=O) groups excluding carboxylic acids is 3. The second-order valence-corrected chi connectivity index (χ2v) is 5.67. The van der Waals surface area contributed by atoms with Crippen molar-refractivity contribution in [3.8, 4) is 0 Å². The molecule has 0 saturated carbocycles. The first-order valence-electron chi connectivity index (χ1n) is 6.96. The smallest absolute Gasteiger partial charge is 0.325 e. The van der Waals surface area contributed by atoms with Crippen molar-refractivity contribution in [2.45, 2.75) is 6.92 Å². The van der Waals surface area contributed by atoms with Crippen molar-refractivity contribution in [1.29, 1.82) is 0 Å². The molecule has 0 atom stereocenters. The van der Waals surface area contributed by atoms with Gasteiger partial charge in [-0.2, -0.15) is 0 Å². The number of carbonyl (C=O) groups is 3. The number of amides is 2. The number of hydrogen-bond acceptors (Lipinski definition) is 6. The SMILES string of the molecule is Cc1csc(NC(=O)COC(=O)CNC(=O)c2ccc(F)cc2F)n1. The van der Waals surface area contributed by atoms with Crippen LogP contribution in [0.1, 0.15) is 16.1 Å². The fourth-order valence-corrected chi connectivity index (χ4v) is 2.39. The molecule has 0 bridgehead atoms. The van der Waals surface area contributed by atoms with Crippen molar-refractivity contribution in [2.75, 3.05) is 18.5 Å². The normalized spacial score (nSPS) is 10.2. The molecule has 0 aliphatic heterocycles. The Kier molecular flexibility index (Phi) is 6.12. The number of benzene rings is 1.